The molecule has 1 heterocycles. The summed E-state index contributed by atoms with van der Waals surface area (Å²) < 4.78 is 13.3. The largest absolute Gasteiger partial charge is 0.321 e. The van der Waals surface area contributed by atoms with E-state index in [0.717, 1.165) is 4.90 Å². The van der Waals surface area contributed by atoms with Gasteiger partial charge in [-0.25, -0.2) is 4.39 Å². The molecular weight excluding hydrogens is 203 g/mol. The molecule has 1 aromatic carbocycles. The number of thioether (sulfide) groups is 1. The summed E-state index contributed by atoms with van der Waals surface area (Å²) in [5.74, 6) is -0.277. The minimum atomic E-state index is -0.577. The van der Waals surface area contributed by atoms with Gasteiger partial charge >= 0.3 is 0 Å². The molecule has 74 valence electrons. The van der Waals surface area contributed by atoms with Crippen LogP contribution in [0.25, 0.3) is 0 Å². The van der Waals surface area contributed by atoms with Gasteiger partial charge in [0.1, 0.15) is 5.82 Å². The van der Waals surface area contributed by atoms with E-state index in [-0.39, 0.29) is 11.6 Å². The van der Waals surface area contributed by atoms with Crippen LogP contribution in [0.1, 0.15) is 0 Å². The van der Waals surface area contributed by atoms with Gasteiger partial charge in [-0.05, 0) is 12.1 Å². The van der Waals surface area contributed by atoms with Gasteiger partial charge in [0, 0.05) is 10.6 Å². The van der Waals surface area contributed by atoms with Crippen molar-refractivity contribution in [3.63, 3.8) is 0 Å². The van der Waals surface area contributed by atoms with Crippen LogP contribution in [-0.4, -0.2) is 17.7 Å². The Labute approximate surface area is 84.9 Å². The molecule has 0 spiro atoms. The summed E-state index contributed by atoms with van der Waals surface area (Å²) in [6.07, 6.45) is 0. The molecule has 2 rings (SSSR count). The lowest BCUT2D eigenvalue weighted by Crippen LogP contribution is -2.36. The number of rotatable bonds is 0. The van der Waals surface area contributed by atoms with Crippen molar-refractivity contribution in [3.05, 3.63) is 24.0 Å². The number of carbonyl (C=O) groups is 1. The normalized spacial score (nSPS) is 21.0. The lowest BCUT2D eigenvalue weighted by molar-refractivity contribution is -0.116. The molecule has 0 unspecified atom stereocenters. The van der Waals surface area contributed by atoms with E-state index in [1.54, 1.807) is 12.1 Å². The van der Waals surface area contributed by atoms with E-state index in [2.05, 4.69) is 5.32 Å². The van der Waals surface area contributed by atoms with Gasteiger partial charge in [0.25, 0.3) is 0 Å². The smallest absolute Gasteiger partial charge is 0.242 e. The van der Waals surface area contributed by atoms with E-state index >= 15 is 0 Å². The minimum Gasteiger partial charge on any atom is -0.321 e. The monoisotopic (exact) mass is 212 g/mol. The molecular formula is C9H9FN2OS. The number of amides is 1. The van der Waals surface area contributed by atoms with Gasteiger partial charge in [0.2, 0.25) is 5.91 Å². The number of benzene rings is 1. The van der Waals surface area contributed by atoms with Crippen molar-refractivity contribution < 1.29 is 9.18 Å². The predicted octanol–water partition coefficient (Wildman–Crippen LogP) is 1.20. The highest BCUT2D eigenvalue weighted by Crippen LogP contribution is 2.32. The lowest BCUT2D eigenvalue weighted by Gasteiger charge is -2.06. The SMILES string of the molecule is N[C@H]1CSc2cccc(F)c2NC1=O. The number of anilines is 1. The minimum absolute atomic E-state index is 0.246. The maximum absolute atomic E-state index is 13.3. The van der Waals surface area contributed by atoms with Crippen LogP contribution in [0.2, 0.25) is 0 Å². The van der Waals surface area contributed by atoms with Crippen LogP contribution in [0.15, 0.2) is 23.1 Å². The van der Waals surface area contributed by atoms with Crippen LogP contribution in [0, 0.1) is 5.82 Å². The van der Waals surface area contributed by atoms with Crippen molar-refractivity contribution in [2.75, 3.05) is 11.1 Å². The van der Waals surface area contributed by atoms with Crippen LogP contribution < -0.4 is 11.1 Å². The Balaban J connectivity index is 2.43. The van der Waals surface area contributed by atoms with Gasteiger partial charge in [-0.15, -0.1) is 11.8 Å². The van der Waals surface area contributed by atoms with Crippen molar-refractivity contribution >= 4 is 23.4 Å². The third kappa shape index (κ3) is 1.60. The van der Waals surface area contributed by atoms with Crippen LogP contribution in [0.3, 0.4) is 0 Å². The molecule has 0 saturated heterocycles. The van der Waals surface area contributed by atoms with Gasteiger partial charge in [-0.2, -0.15) is 0 Å². The molecule has 1 aromatic rings. The van der Waals surface area contributed by atoms with Crippen LogP contribution >= 0.6 is 11.8 Å². The Bertz CT molecular complexity index is 383. The molecule has 0 saturated carbocycles. The van der Waals surface area contributed by atoms with E-state index < -0.39 is 11.9 Å². The second-order valence-electron chi connectivity index (χ2n) is 3.02. The van der Waals surface area contributed by atoms with Gasteiger partial charge in [0.15, 0.2) is 0 Å². The quantitative estimate of drug-likeness (QED) is 0.679. The average Bonchev–Trinajstić information content (AvgIpc) is 2.30. The Morgan fingerprint density at radius 2 is 2.36 bits per heavy atom. The zero-order chi connectivity index (χ0) is 10.1. The van der Waals surface area contributed by atoms with Crippen molar-refractivity contribution in [3.8, 4) is 0 Å². The third-order valence-electron chi connectivity index (χ3n) is 1.98. The zero-order valence-corrected chi connectivity index (χ0v) is 8.10. The summed E-state index contributed by atoms with van der Waals surface area (Å²) in [5.41, 5.74) is 5.80. The van der Waals surface area contributed by atoms with Crippen molar-refractivity contribution in [1.29, 1.82) is 0 Å². The molecule has 3 N–H and O–H groups in total. The molecule has 0 aliphatic carbocycles. The summed E-state index contributed by atoms with van der Waals surface area (Å²) in [7, 11) is 0. The number of hydrogen-bond donors (Lipinski definition) is 2. The Hall–Kier alpha value is -1.07. The van der Waals surface area contributed by atoms with Crippen molar-refractivity contribution in [1.82, 2.24) is 0 Å². The molecule has 1 aliphatic heterocycles. The fourth-order valence-electron chi connectivity index (χ4n) is 1.22. The first-order valence-electron chi connectivity index (χ1n) is 4.16. The van der Waals surface area contributed by atoms with Crippen molar-refractivity contribution in [2.45, 2.75) is 10.9 Å². The standard InChI is InChI=1S/C9H9FN2OS/c10-5-2-1-3-7-8(5)12-9(13)6(11)4-14-7/h1-3,6H,4,11H2,(H,12,13)/t6-/m0/s1. The number of para-hydroxylation sites is 1. The molecule has 1 atom stereocenters. The summed E-state index contributed by atoms with van der Waals surface area (Å²) >= 11 is 1.39. The maximum atomic E-state index is 13.3. The molecule has 0 fully saturated rings. The number of nitrogens with two attached hydrogens (primary N) is 1. The third-order valence-corrected chi connectivity index (χ3v) is 3.16. The van der Waals surface area contributed by atoms with Gasteiger partial charge in [0.05, 0.1) is 11.7 Å². The van der Waals surface area contributed by atoms with E-state index in [1.807, 2.05) is 0 Å². The fourth-order valence-corrected chi connectivity index (χ4v) is 2.20. The number of fused-ring (bicyclic) bond motifs is 1. The highest BCUT2D eigenvalue weighted by atomic mass is 32.2. The van der Waals surface area contributed by atoms with Gasteiger partial charge in [-0.1, -0.05) is 6.07 Å². The van der Waals surface area contributed by atoms with E-state index in [0.29, 0.717) is 5.75 Å². The van der Waals surface area contributed by atoms with Crippen LogP contribution in [-0.2, 0) is 4.79 Å². The fraction of sp³-hybridized carbons (Fsp3) is 0.222. The number of halogens is 1. The topological polar surface area (TPSA) is 55.1 Å². The van der Waals surface area contributed by atoms with E-state index in [1.165, 1.54) is 17.8 Å². The second kappa shape index (κ2) is 3.59. The first kappa shape index (κ1) is 9.48. The predicted molar refractivity (Wildman–Crippen MR) is 53.7 cm³/mol. The van der Waals surface area contributed by atoms with Gasteiger partial charge < -0.3 is 11.1 Å². The lowest BCUT2D eigenvalue weighted by atomic mass is 10.2. The summed E-state index contributed by atoms with van der Waals surface area (Å²) in [4.78, 5) is 12.0. The molecule has 0 aromatic heterocycles. The maximum Gasteiger partial charge on any atom is 0.242 e. The first-order chi connectivity index (χ1) is 6.68. The molecule has 14 heavy (non-hydrogen) atoms. The van der Waals surface area contributed by atoms with Crippen molar-refractivity contribution in [2.24, 2.45) is 5.73 Å². The van der Waals surface area contributed by atoms with Gasteiger partial charge in [-0.3, -0.25) is 4.79 Å². The molecule has 1 aliphatic rings. The number of carbonyl (C=O) groups excluding carboxylic acids is 1. The van der Waals surface area contributed by atoms with E-state index in [4.69, 9.17) is 5.73 Å². The number of nitrogens with one attached hydrogen (secondary N) is 1. The molecule has 0 radical (unpaired) electrons. The molecule has 1 amide bonds. The van der Waals surface area contributed by atoms with Crippen LogP contribution in [0.4, 0.5) is 10.1 Å². The zero-order valence-electron chi connectivity index (χ0n) is 7.29. The first-order valence-corrected chi connectivity index (χ1v) is 5.15. The molecule has 0 bridgehead atoms. The average molecular weight is 212 g/mol. The Kier molecular flexibility index (Phi) is 2.43. The molecule has 3 nitrogen and oxygen atoms in total. The Morgan fingerprint density at radius 1 is 1.57 bits per heavy atom. The molecule has 5 heteroatoms. The van der Waals surface area contributed by atoms with Crippen LogP contribution in [0.5, 0.6) is 0 Å². The highest BCUT2D eigenvalue weighted by Gasteiger charge is 2.22. The second-order valence-corrected chi connectivity index (χ2v) is 4.08. The summed E-state index contributed by atoms with van der Waals surface area (Å²) in [6.45, 7) is 0. The highest BCUT2D eigenvalue weighted by molar-refractivity contribution is 7.99. The summed E-state index contributed by atoms with van der Waals surface area (Å²) in [5, 5.41) is 2.48. The van der Waals surface area contributed by atoms with E-state index in [9.17, 15) is 9.18 Å². The number of hydrogen-bond acceptors (Lipinski definition) is 3. The summed E-state index contributed by atoms with van der Waals surface area (Å²) in [6, 6.07) is 4.12. The Morgan fingerprint density at radius 3 is 3.14 bits per heavy atom.